The molecule has 2 fully saturated rings. The van der Waals surface area contributed by atoms with Gasteiger partial charge >= 0.3 is 0 Å². The van der Waals surface area contributed by atoms with Crippen LogP contribution < -0.4 is 18.9 Å². The second kappa shape index (κ2) is 15.5. The quantitative estimate of drug-likeness (QED) is 0.105. The van der Waals surface area contributed by atoms with Crippen LogP contribution in [0, 0.1) is 0 Å². The minimum absolute atomic E-state index is 0.101. The van der Waals surface area contributed by atoms with Gasteiger partial charge in [0.15, 0.2) is 0 Å². The highest BCUT2D eigenvalue weighted by atomic mass is 16.8. The van der Waals surface area contributed by atoms with E-state index in [9.17, 15) is 5.11 Å². The largest absolute Gasteiger partial charge is 0.491 e. The van der Waals surface area contributed by atoms with Crippen LogP contribution in [0.1, 0.15) is 83.1 Å². The van der Waals surface area contributed by atoms with E-state index in [-0.39, 0.29) is 42.0 Å². The van der Waals surface area contributed by atoms with Gasteiger partial charge in [0.1, 0.15) is 54.5 Å². The third kappa shape index (κ3) is 9.00. The molecule has 5 atom stereocenters. The molecule has 0 spiro atoms. The monoisotopic (exact) mass is 680 g/mol. The van der Waals surface area contributed by atoms with Gasteiger partial charge in [-0.2, -0.15) is 0 Å². The van der Waals surface area contributed by atoms with Gasteiger partial charge in [0.05, 0.1) is 12.7 Å². The van der Waals surface area contributed by atoms with Crippen LogP contribution in [0.25, 0.3) is 0 Å². The second-order valence-corrected chi connectivity index (χ2v) is 14.5. The molecular formula is C43H52O7. The fourth-order valence-corrected chi connectivity index (χ4v) is 6.33. The molecule has 6 rings (SSSR count). The van der Waals surface area contributed by atoms with E-state index in [4.69, 9.17) is 28.4 Å². The van der Waals surface area contributed by atoms with E-state index in [1.165, 1.54) is 22.3 Å². The van der Waals surface area contributed by atoms with Crippen LogP contribution in [0.4, 0.5) is 0 Å². The fourth-order valence-electron chi connectivity index (χ4n) is 6.33. The topological polar surface area (TPSA) is 82.2 Å². The van der Waals surface area contributed by atoms with E-state index >= 15 is 0 Å². The lowest BCUT2D eigenvalue weighted by molar-refractivity contribution is 0.0568. The summed E-state index contributed by atoms with van der Waals surface area (Å²) in [5, 5.41) is 10.9. The average molecular weight is 681 g/mol. The summed E-state index contributed by atoms with van der Waals surface area (Å²) in [4.78, 5) is 0. The predicted molar refractivity (Wildman–Crippen MR) is 196 cm³/mol. The highest BCUT2D eigenvalue weighted by molar-refractivity contribution is 5.43. The molecule has 4 aromatic rings. The SMILES string of the molecule is CCC(CC(O)COc1ccc(C(C)(C)c2ccc(OC(CC)C3CO3)cc2)cc1)Oc1ccc(C(C)(C)c2ccc(OC3CO3)cc2)cc1. The van der Waals surface area contributed by atoms with Gasteiger partial charge in [-0.25, -0.2) is 0 Å². The third-order valence-electron chi connectivity index (χ3n) is 10.1. The first-order valence-corrected chi connectivity index (χ1v) is 18.0. The first-order chi connectivity index (χ1) is 24.0. The van der Waals surface area contributed by atoms with Crippen molar-refractivity contribution in [3.63, 3.8) is 0 Å². The molecule has 50 heavy (non-hydrogen) atoms. The number of epoxide rings is 2. The van der Waals surface area contributed by atoms with E-state index in [1.807, 2.05) is 48.5 Å². The first-order valence-electron chi connectivity index (χ1n) is 18.0. The summed E-state index contributed by atoms with van der Waals surface area (Å²) in [6, 6.07) is 33.0. The minimum Gasteiger partial charge on any atom is -0.491 e. The lowest BCUT2D eigenvalue weighted by atomic mass is 9.78. The van der Waals surface area contributed by atoms with Crippen molar-refractivity contribution in [2.75, 3.05) is 19.8 Å². The summed E-state index contributed by atoms with van der Waals surface area (Å²) in [5.41, 5.74) is 4.37. The highest BCUT2D eigenvalue weighted by Crippen LogP contribution is 2.36. The minimum atomic E-state index is -0.660. The van der Waals surface area contributed by atoms with E-state index < -0.39 is 6.10 Å². The number of ether oxygens (including phenoxy) is 6. The molecule has 266 valence electrons. The predicted octanol–water partition coefficient (Wildman–Crippen LogP) is 8.62. The summed E-state index contributed by atoms with van der Waals surface area (Å²) < 4.78 is 34.7. The zero-order valence-corrected chi connectivity index (χ0v) is 30.3. The summed E-state index contributed by atoms with van der Waals surface area (Å²) in [5.74, 6) is 3.21. The molecule has 5 unspecified atom stereocenters. The van der Waals surface area contributed by atoms with E-state index in [0.717, 1.165) is 42.4 Å². The van der Waals surface area contributed by atoms with Crippen LogP contribution in [0.3, 0.4) is 0 Å². The van der Waals surface area contributed by atoms with E-state index in [0.29, 0.717) is 13.0 Å². The summed E-state index contributed by atoms with van der Waals surface area (Å²) in [6.45, 7) is 14.7. The Balaban J connectivity index is 0.973. The van der Waals surface area contributed by atoms with Gasteiger partial charge in [0, 0.05) is 17.3 Å². The Morgan fingerprint density at radius 2 is 1.06 bits per heavy atom. The van der Waals surface area contributed by atoms with Crippen LogP contribution in [0.2, 0.25) is 0 Å². The van der Waals surface area contributed by atoms with Crippen LogP contribution in [-0.2, 0) is 20.3 Å². The molecule has 2 aliphatic rings. The molecule has 0 saturated carbocycles. The number of hydrogen-bond donors (Lipinski definition) is 1. The van der Waals surface area contributed by atoms with Gasteiger partial charge in [-0.05, 0) is 83.6 Å². The van der Waals surface area contributed by atoms with Crippen molar-refractivity contribution in [3.05, 3.63) is 119 Å². The second-order valence-electron chi connectivity index (χ2n) is 14.5. The van der Waals surface area contributed by atoms with Gasteiger partial charge in [0.2, 0.25) is 6.29 Å². The van der Waals surface area contributed by atoms with Crippen molar-refractivity contribution in [1.29, 1.82) is 0 Å². The smallest absolute Gasteiger partial charge is 0.223 e. The number of rotatable bonds is 18. The molecule has 2 aliphatic heterocycles. The van der Waals surface area contributed by atoms with Crippen LogP contribution >= 0.6 is 0 Å². The molecule has 2 heterocycles. The maximum atomic E-state index is 10.9. The van der Waals surface area contributed by atoms with Crippen LogP contribution in [0.5, 0.6) is 23.0 Å². The zero-order chi connectivity index (χ0) is 35.3. The van der Waals surface area contributed by atoms with Crippen molar-refractivity contribution in [2.45, 2.75) is 102 Å². The molecule has 7 heteroatoms. The van der Waals surface area contributed by atoms with Crippen LogP contribution in [-0.4, -0.2) is 55.6 Å². The standard InChI is InChI=1S/C43H52O7/c1-7-34(48-36-19-11-30(12-20-36)43(5,6)32-15-23-38(24-16-32)50-41-28-47-41)25-33(44)26-45-35-17-9-29(10-18-35)42(3,4)31-13-21-37(22-14-31)49-39(8-2)40-27-46-40/h9-24,33-34,39-41,44H,7-8,25-28H2,1-6H3. The Morgan fingerprint density at radius 1 is 0.620 bits per heavy atom. The van der Waals surface area contributed by atoms with Crippen LogP contribution in [0.15, 0.2) is 97.1 Å². The lowest BCUT2D eigenvalue weighted by Crippen LogP contribution is -2.27. The van der Waals surface area contributed by atoms with Gasteiger partial charge in [0.25, 0.3) is 0 Å². The van der Waals surface area contributed by atoms with Crippen molar-refractivity contribution in [3.8, 4) is 23.0 Å². The van der Waals surface area contributed by atoms with Gasteiger partial charge in [-0.3, -0.25) is 0 Å². The van der Waals surface area contributed by atoms with Gasteiger partial charge in [-0.15, -0.1) is 0 Å². The molecule has 7 nitrogen and oxygen atoms in total. The van der Waals surface area contributed by atoms with Gasteiger partial charge < -0.3 is 33.5 Å². The summed E-state index contributed by atoms with van der Waals surface area (Å²) in [6.07, 6.45) is 1.61. The molecule has 1 N–H and O–H groups in total. The van der Waals surface area contributed by atoms with E-state index in [1.54, 1.807) is 0 Å². The fraction of sp³-hybridized carbons (Fsp3) is 0.442. The van der Waals surface area contributed by atoms with E-state index in [2.05, 4.69) is 90.1 Å². The van der Waals surface area contributed by atoms with Crippen molar-refractivity contribution in [2.24, 2.45) is 0 Å². The maximum Gasteiger partial charge on any atom is 0.223 e. The summed E-state index contributed by atoms with van der Waals surface area (Å²) >= 11 is 0. The Morgan fingerprint density at radius 3 is 1.48 bits per heavy atom. The van der Waals surface area contributed by atoms with Crippen molar-refractivity contribution < 1.29 is 33.5 Å². The molecular weight excluding hydrogens is 628 g/mol. The zero-order valence-electron chi connectivity index (χ0n) is 30.3. The first kappa shape index (κ1) is 35.8. The average Bonchev–Trinajstić information content (AvgIpc) is 4.07. The Hall–Kier alpha value is -4.04. The molecule has 0 aliphatic carbocycles. The third-order valence-corrected chi connectivity index (χ3v) is 10.1. The Bertz CT molecular complexity index is 1640. The lowest BCUT2D eigenvalue weighted by Gasteiger charge is -2.27. The number of benzene rings is 4. The number of aliphatic hydroxyl groups excluding tert-OH is 1. The van der Waals surface area contributed by atoms with Crippen molar-refractivity contribution >= 4 is 0 Å². The van der Waals surface area contributed by atoms with Crippen molar-refractivity contribution in [1.82, 2.24) is 0 Å². The summed E-state index contributed by atoms with van der Waals surface area (Å²) in [7, 11) is 0. The molecule has 0 aromatic heterocycles. The molecule has 4 aromatic carbocycles. The number of hydrogen-bond acceptors (Lipinski definition) is 7. The molecule has 0 radical (unpaired) electrons. The Kier molecular flexibility index (Phi) is 11.1. The maximum absolute atomic E-state index is 10.9. The molecule has 0 amide bonds. The van der Waals surface area contributed by atoms with Gasteiger partial charge in [-0.1, -0.05) is 90.1 Å². The number of aliphatic hydroxyl groups is 1. The molecule has 0 bridgehead atoms. The Labute approximate surface area is 297 Å². The molecule has 2 saturated heterocycles. The highest BCUT2D eigenvalue weighted by Gasteiger charge is 2.33. The normalized spacial score (nSPS) is 18.9.